The number of hydrogen-bond donors (Lipinski definition) is 2. The van der Waals surface area contributed by atoms with E-state index in [1.807, 2.05) is 6.92 Å². The number of piperidine rings is 1. The molecule has 0 saturated carbocycles. The Bertz CT molecular complexity index is 641. The van der Waals surface area contributed by atoms with Crippen molar-refractivity contribution in [2.45, 2.75) is 38.6 Å². The highest BCUT2D eigenvalue weighted by Gasteiger charge is 2.29. The Kier molecular flexibility index (Phi) is 5.43. The minimum absolute atomic E-state index is 0.00326. The molecule has 0 bridgehead atoms. The van der Waals surface area contributed by atoms with Crippen molar-refractivity contribution < 1.29 is 19.1 Å². The molecule has 136 valence electrons. The summed E-state index contributed by atoms with van der Waals surface area (Å²) in [6.07, 6.45) is 2.90. The van der Waals surface area contributed by atoms with Gasteiger partial charge in [-0.05, 0) is 31.4 Å². The minimum atomic E-state index is -0.427. The smallest absolute Gasteiger partial charge is 0.239 e. The number of benzene rings is 1. The lowest BCUT2D eigenvalue weighted by molar-refractivity contribution is -0.135. The number of nitrogens with zero attached hydrogens (tertiary/aromatic N) is 1. The molecule has 1 aromatic rings. The summed E-state index contributed by atoms with van der Waals surface area (Å²) in [5.74, 6) is 1.20. The molecule has 1 aromatic carbocycles. The van der Waals surface area contributed by atoms with Crippen LogP contribution in [0.4, 0.5) is 5.69 Å². The van der Waals surface area contributed by atoms with Crippen LogP contribution in [0.1, 0.15) is 32.6 Å². The minimum Gasteiger partial charge on any atom is -0.454 e. The van der Waals surface area contributed by atoms with Crippen molar-refractivity contribution in [1.82, 2.24) is 4.90 Å². The summed E-state index contributed by atoms with van der Waals surface area (Å²) >= 11 is 0. The van der Waals surface area contributed by atoms with E-state index in [1.165, 1.54) is 0 Å². The molecule has 1 unspecified atom stereocenters. The van der Waals surface area contributed by atoms with Gasteiger partial charge in [-0.3, -0.25) is 9.59 Å². The summed E-state index contributed by atoms with van der Waals surface area (Å²) in [4.78, 5) is 26.5. The fraction of sp³-hybridized carbons (Fsp3) is 0.556. The SMILES string of the molecule is CCCC(N)C(=O)N1CCC(C(=O)Nc2ccc3c(c2)OCO3)CC1. The van der Waals surface area contributed by atoms with Crippen LogP contribution in [-0.2, 0) is 9.59 Å². The number of amides is 2. The number of ether oxygens (including phenoxy) is 2. The number of fused-ring (bicyclic) bond motifs is 1. The molecule has 7 nitrogen and oxygen atoms in total. The van der Waals surface area contributed by atoms with Gasteiger partial charge in [0.25, 0.3) is 0 Å². The number of carbonyl (C=O) groups is 2. The van der Waals surface area contributed by atoms with Crippen molar-refractivity contribution in [3.8, 4) is 11.5 Å². The first-order chi connectivity index (χ1) is 12.1. The Labute approximate surface area is 147 Å². The molecule has 1 saturated heterocycles. The predicted octanol–water partition coefficient (Wildman–Crippen LogP) is 1.72. The molecule has 1 atom stereocenters. The highest BCUT2D eigenvalue weighted by Crippen LogP contribution is 2.34. The summed E-state index contributed by atoms with van der Waals surface area (Å²) in [5, 5.41) is 2.93. The zero-order valence-corrected chi connectivity index (χ0v) is 14.5. The molecule has 2 heterocycles. The van der Waals surface area contributed by atoms with Gasteiger partial charge < -0.3 is 25.4 Å². The fourth-order valence-electron chi connectivity index (χ4n) is 3.25. The van der Waals surface area contributed by atoms with Crippen LogP contribution in [0.25, 0.3) is 0 Å². The van der Waals surface area contributed by atoms with Crippen molar-refractivity contribution in [1.29, 1.82) is 0 Å². The number of rotatable bonds is 5. The summed E-state index contributed by atoms with van der Waals surface area (Å²) in [5.41, 5.74) is 6.60. The van der Waals surface area contributed by atoms with Gasteiger partial charge in [-0.25, -0.2) is 0 Å². The Balaban J connectivity index is 1.51. The second-order valence-corrected chi connectivity index (χ2v) is 6.55. The summed E-state index contributed by atoms with van der Waals surface area (Å²) in [7, 11) is 0. The number of likely N-dealkylation sites (tertiary alicyclic amines) is 1. The largest absolute Gasteiger partial charge is 0.454 e. The molecular formula is C18H25N3O4. The average molecular weight is 347 g/mol. The lowest BCUT2D eigenvalue weighted by atomic mass is 9.95. The maximum Gasteiger partial charge on any atom is 0.239 e. The van der Waals surface area contributed by atoms with E-state index in [-0.39, 0.29) is 24.5 Å². The van der Waals surface area contributed by atoms with Gasteiger partial charge in [-0.2, -0.15) is 0 Å². The van der Waals surface area contributed by atoms with Crippen molar-refractivity contribution >= 4 is 17.5 Å². The van der Waals surface area contributed by atoms with Crippen LogP contribution >= 0.6 is 0 Å². The van der Waals surface area contributed by atoms with Crippen LogP contribution in [0, 0.1) is 5.92 Å². The standard InChI is InChI=1S/C18H25N3O4/c1-2-3-14(19)18(23)21-8-6-12(7-9-21)17(22)20-13-4-5-15-16(10-13)25-11-24-15/h4-5,10,12,14H,2-3,6-9,11,19H2,1H3,(H,20,22). The molecule has 3 rings (SSSR count). The van der Waals surface area contributed by atoms with Crippen LogP contribution in [0.2, 0.25) is 0 Å². The zero-order valence-electron chi connectivity index (χ0n) is 14.5. The maximum absolute atomic E-state index is 12.5. The molecule has 0 spiro atoms. The van der Waals surface area contributed by atoms with Crippen molar-refractivity contribution in [2.75, 3.05) is 25.2 Å². The highest BCUT2D eigenvalue weighted by molar-refractivity contribution is 5.93. The van der Waals surface area contributed by atoms with Crippen LogP contribution < -0.4 is 20.5 Å². The zero-order chi connectivity index (χ0) is 17.8. The molecular weight excluding hydrogens is 322 g/mol. The third kappa shape index (κ3) is 4.04. The van der Waals surface area contributed by atoms with E-state index in [1.54, 1.807) is 23.1 Å². The van der Waals surface area contributed by atoms with E-state index in [0.717, 1.165) is 6.42 Å². The Morgan fingerprint density at radius 2 is 2.00 bits per heavy atom. The van der Waals surface area contributed by atoms with E-state index < -0.39 is 6.04 Å². The van der Waals surface area contributed by atoms with Gasteiger partial charge in [0.2, 0.25) is 18.6 Å². The predicted molar refractivity (Wildman–Crippen MR) is 93.4 cm³/mol. The highest BCUT2D eigenvalue weighted by atomic mass is 16.7. The first-order valence-electron chi connectivity index (χ1n) is 8.83. The summed E-state index contributed by atoms with van der Waals surface area (Å²) in [6, 6.07) is 4.93. The van der Waals surface area contributed by atoms with Crippen LogP contribution in [0.15, 0.2) is 18.2 Å². The number of nitrogens with one attached hydrogen (secondary N) is 1. The van der Waals surface area contributed by atoms with E-state index in [4.69, 9.17) is 15.2 Å². The van der Waals surface area contributed by atoms with Gasteiger partial charge in [-0.1, -0.05) is 13.3 Å². The van der Waals surface area contributed by atoms with Gasteiger partial charge in [0, 0.05) is 30.8 Å². The van der Waals surface area contributed by atoms with Crippen molar-refractivity contribution in [2.24, 2.45) is 11.7 Å². The van der Waals surface area contributed by atoms with Crippen LogP contribution in [0.5, 0.6) is 11.5 Å². The molecule has 2 aliphatic heterocycles. The van der Waals surface area contributed by atoms with Crippen LogP contribution in [-0.4, -0.2) is 42.6 Å². The Morgan fingerprint density at radius 1 is 1.28 bits per heavy atom. The van der Waals surface area contributed by atoms with Crippen LogP contribution in [0.3, 0.4) is 0 Å². The monoisotopic (exact) mass is 347 g/mol. The molecule has 1 fully saturated rings. The molecule has 7 heteroatoms. The number of nitrogens with two attached hydrogens (primary N) is 1. The van der Waals surface area contributed by atoms with Crippen molar-refractivity contribution in [3.05, 3.63) is 18.2 Å². The van der Waals surface area contributed by atoms with Gasteiger partial charge in [0.05, 0.1) is 6.04 Å². The fourth-order valence-corrected chi connectivity index (χ4v) is 3.25. The number of anilines is 1. The van der Waals surface area contributed by atoms with Gasteiger partial charge in [-0.15, -0.1) is 0 Å². The molecule has 0 aliphatic carbocycles. The molecule has 0 aromatic heterocycles. The molecule has 2 amide bonds. The van der Waals surface area contributed by atoms with Gasteiger partial charge in [0.1, 0.15) is 0 Å². The summed E-state index contributed by atoms with van der Waals surface area (Å²) < 4.78 is 10.6. The average Bonchev–Trinajstić information content (AvgIpc) is 3.09. The molecule has 25 heavy (non-hydrogen) atoms. The van der Waals surface area contributed by atoms with E-state index in [9.17, 15) is 9.59 Å². The molecule has 0 radical (unpaired) electrons. The third-order valence-corrected chi connectivity index (χ3v) is 4.73. The number of carbonyl (C=O) groups excluding carboxylic acids is 2. The third-order valence-electron chi connectivity index (χ3n) is 4.73. The van der Waals surface area contributed by atoms with Crippen molar-refractivity contribution in [3.63, 3.8) is 0 Å². The lowest BCUT2D eigenvalue weighted by Crippen LogP contribution is -2.48. The topological polar surface area (TPSA) is 93.9 Å². The van der Waals surface area contributed by atoms with E-state index in [2.05, 4.69) is 5.32 Å². The molecule has 3 N–H and O–H groups in total. The van der Waals surface area contributed by atoms with Gasteiger partial charge in [0.15, 0.2) is 11.5 Å². The van der Waals surface area contributed by atoms with E-state index in [0.29, 0.717) is 49.5 Å². The summed E-state index contributed by atoms with van der Waals surface area (Å²) in [6.45, 7) is 3.38. The first-order valence-corrected chi connectivity index (χ1v) is 8.83. The second-order valence-electron chi connectivity index (χ2n) is 6.55. The second kappa shape index (κ2) is 7.74. The Morgan fingerprint density at radius 3 is 2.72 bits per heavy atom. The van der Waals surface area contributed by atoms with E-state index >= 15 is 0 Å². The first kappa shape index (κ1) is 17.5. The quantitative estimate of drug-likeness (QED) is 0.846. The number of hydrogen-bond acceptors (Lipinski definition) is 5. The van der Waals surface area contributed by atoms with Gasteiger partial charge >= 0.3 is 0 Å². The Hall–Kier alpha value is -2.28. The maximum atomic E-state index is 12.5. The normalized spacial score (nSPS) is 18.1. The lowest BCUT2D eigenvalue weighted by Gasteiger charge is -2.33. The molecule has 2 aliphatic rings.